The number of hydrogen-bond donors (Lipinski definition) is 2. The molecule has 3 aromatic rings. The molecule has 3 N–H and O–H groups in total. The number of esters is 2. The Hall–Kier alpha value is -4.95. The van der Waals surface area contributed by atoms with E-state index >= 15 is 0 Å². The summed E-state index contributed by atoms with van der Waals surface area (Å²) < 4.78 is 11.5. The molecule has 0 radical (unpaired) electrons. The molecule has 1 aromatic heterocycles. The molecule has 0 bridgehead atoms. The third kappa shape index (κ3) is 6.19. The number of nitrogens with one attached hydrogen (secondary N) is 1. The molecule has 230 valence electrons. The van der Waals surface area contributed by atoms with Crippen LogP contribution in [0.5, 0.6) is 0 Å². The molecule has 1 saturated heterocycles. The van der Waals surface area contributed by atoms with Crippen LogP contribution in [0.2, 0.25) is 0 Å². The van der Waals surface area contributed by atoms with Gasteiger partial charge in [-0.15, -0.1) is 23.1 Å². The Morgan fingerprint density at radius 3 is 2.40 bits per heavy atom. The number of thiazole rings is 1. The van der Waals surface area contributed by atoms with Crippen LogP contribution in [0.25, 0.3) is 0 Å². The minimum absolute atomic E-state index is 0.0699. The van der Waals surface area contributed by atoms with E-state index in [1.807, 2.05) is 60.7 Å². The molecule has 3 atom stereocenters. The largest absolute Gasteiger partial charge is 0.455 e. The smallest absolute Gasteiger partial charge is 0.356 e. The van der Waals surface area contributed by atoms with E-state index in [0.29, 0.717) is 11.3 Å². The Balaban J connectivity index is 1.29. The van der Waals surface area contributed by atoms with Crippen molar-refractivity contribution in [2.45, 2.75) is 30.0 Å². The van der Waals surface area contributed by atoms with Crippen LogP contribution in [0, 0.1) is 0 Å². The second kappa shape index (κ2) is 13.0. The number of rotatable bonds is 10. The second-order valence-electron chi connectivity index (χ2n) is 10.2. The van der Waals surface area contributed by atoms with Crippen molar-refractivity contribution >= 4 is 57.7 Å². The molecule has 2 aromatic carbocycles. The van der Waals surface area contributed by atoms with E-state index in [2.05, 4.69) is 15.5 Å². The lowest BCUT2D eigenvalue weighted by atomic mass is 9.99. The molecule has 0 spiro atoms. The van der Waals surface area contributed by atoms with Gasteiger partial charge in [-0.1, -0.05) is 65.8 Å². The summed E-state index contributed by atoms with van der Waals surface area (Å²) in [6.07, 6.45) is 1.81. The highest BCUT2D eigenvalue weighted by molar-refractivity contribution is 8.00. The second-order valence-corrected chi connectivity index (χ2v) is 12.1. The number of oxime groups is 1. The number of anilines is 1. The Kier molecular flexibility index (Phi) is 8.67. The Morgan fingerprint density at radius 1 is 1.13 bits per heavy atom. The maximum Gasteiger partial charge on any atom is 0.356 e. The highest BCUT2D eigenvalue weighted by Gasteiger charge is 2.55. The lowest BCUT2D eigenvalue weighted by molar-refractivity contribution is -0.154. The lowest BCUT2D eigenvalue weighted by Gasteiger charge is -2.50. The van der Waals surface area contributed by atoms with Crippen LogP contribution in [0.15, 0.2) is 94.6 Å². The summed E-state index contributed by atoms with van der Waals surface area (Å²) in [5.74, 6) is -2.04. The Labute approximate surface area is 265 Å². The average Bonchev–Trinajstić information content (AvgIpc) is 3.68. The molecule has 12 nitrogen and oxygen atoms in total. The molecule has 0 saturated carbocycles. The average molecular weight is 646 g/mol. The third-order valence-corrected chi connectivity index (χ3v) is 9.29. The van der Waals surface area contributed by atoms with E-state index < -0.39 is 47.4 Å². The van der Waals surface area contributed by atoms with Gasteiger partial charge in [0, 0.05) is 23.6 Å². The topological polar surface area (TPSA) is 163 Å². The van der Waals surface area contributed by atoms with Gasteiger partial charge in [0.05, 0.1) is 0 Å². The third-order valence-electron chi connectivity index (χ3n) is 7.28. The zero-order chi connectivity index (χ0) is 31.5. The Bertz CT molecular complexity index is 1680. The van der Waals surface area contributed by atoms with Crippen LogP contribution in [0.3, 0.4) is 0 Å². The van der Waals surface area contributed by atoms with Crippen molar-refractivity contribution in [3.8, 4) is 0 Å². The van der Waals surface area contributed by atoms with E-state index in [-0.39, 0.29) is 28.7 Å². The molecule has 0 aliphatic carbocycles. The molecule has 1 unspecified atom stereocenters. The molecular weight excluding hydrogens is 619 g/mol. The van der Waals surface area contributed by atoms with Gasteiger partial charge in [0.25, 0.3) is 11.8 Å². The summed E-state index contributed by atoms with van der Waals surface area (Å²) in [4.78, 5) is 63.0. The van der Waals surface area contributed by atoms with E-state index in [4.69, 9.17) is 20.0 Å². The van der Waals surface area contributed by atoms with Crippen molar-refractivity contribution < 1.29 is 33.5 Å². The fourth-order valence-electron chi connectivity index (χ4n) is 5.24. The first-order chi connectivity index (χ1) is 21.8. The molecule has 2 amide bonds. The zero-order valence-electron chi connectivity index (χ0n) is 23.8. The number of aromatic nitrogens is 1. The minimum atomic E-state index is -0.965. The highest BCUT2D eigenvalue weighted by Crippen LogP contribution is 2.43. The maximum absolute atomic E-state index is 14.1. The van der Waals surface area contributed by atoms with Gasteiger partial charge in [0.2, 0.25) is 0 Å². The number of benzene rings is 2. The molecule has 3 aliphatic rings. The molecule has 3 aliphatic heterocycles. The SMILES string of the molecule is CO/N=C(\C(=O)N[C@@H]1C(=O)N2C(C(=O)OC(c3ccccc3)c3ccccc3)=C(CC3C=CC(=O)O3)CS[C@@H]12)c1csc(N)n1. The first kappa shape index (κ1) is 30.1. The zero-order valence-corrected chi connectivity index (χ0v) is 25.5. The number of nitrogen functional groups attached to an aromatic ring is 1. The number of thioether (sulfide) groups is 1. The first-order valence-corrected chi connectivity index (χ1v) is 15.8. The van der Waals surface area contributed by atoms with Crippen molar-refractivity contribution in [2.24, 2.45) is 5.16 Å². The van der Waals surface area contributed by atoms with Crippen molar-refractivity contribution in [1.82, 2.24) is 15.2 Å². The molecule has 6 rings (SSSR count). The van der Waals surface area contributed by atoms with E-state index in [0.717, 1.165) is 22.5 Å². The number of cyclic esters (lactones) is 1. The highest BCUT2D eigenvalue weighted by atomic mass is 32.2. The number of β-lactam (4-membered cyclic amide) rings is 1. The predicted octanol–water partition coefficient (Wildman–Crippen LogP) is 2.93. The molecule has 4 heterocycles. The normalized spacial score (nSPS) is 20.9. The van der Waals surface area contributed by atoms with E-state index in [1.54, 1.807) is 11.5 Å². The fourth-order valence-corrected chi connectivity index (χ4v) is 7.15. The Morgan fingerprint density at radius 2 is 1.82 bits per heavy atom. The number of carbonyl (C=O) groups excluding carboxylic acids is 4. The van der Waals surface area contributed by atoms with Gasteiger partial charge in [0.1, 0.15) is 36.0 Å². The maximum atomic E-state index is 14.1. The van der Waals surface area contributed by atoms with Gasteiger partial charge in [-0.25, -0.2) is 14.6 Å². The van der Waals surface area contributed by atoms with Crippen LogP contribution in [-0.2, 0) is 33.5 Å². The van der Waals surface area contributed by atoms with Crippen molar-refractivity contribution in [1.29, 1.82) is 0 Å². The van der Waals surface area contributed by atoms with Gasteiger partial charge < -0.3 is 25.4 Å². The van der Waals surface area contributed by atoms with Crippen LogP contribution in [0.1, 0.15) is 29.3 Å². The van der Waals surface area contributed by atoms with E-state index in [9.17, 15) is 19.2 Å². The summed E-state index contributed by atoms with van der Waals surface area (Å²) >= 11 is 2.50. The van der Waals surface area contributed by atoms with Gasteiger partial charge in [-0.05, 0) is 22.8 Å². The van der Waals surface area contributed by atoms with Gasteiger partial charge in [-0.3, -0.25) is 14.5 Å². The summed E-state index contributed by atoms with van der Waals surface area (Å²) in [5, 5.41) is 7.69. The summed E-state index contributed by atoms with van der Waals surface area (Å²) in [6, 6.07) is 17.6. The van der Waals surface area contributed by atoms with Crippen LogP contribution < -0.4 is 11.1 Å². The first-order valence-electron chi connectivity index (χ1n) is 13.8. The van der Waals surface area contributed by atoms with E-state index in [1.165, 1.54) is 29.8 Å². The number of ether oxygens (including phenoxy) is 2. The van der Waals surface area contributed by atoms with Crippen molar-refractivity contribution in [2.75, 3.05) is 18.6 Å². The fraction of sp³-hybridized carbons (Fsp3) is 0.226. The van der Waals surface area contributed by atoms with Gasteiger partial charge >= 0.3 is 11.9 Å². The number of nitrogens with two attached hydrogens (primary N) is 1. The minimum Gasteiger partial charge on any atom is -0.455 e. The number of hydrogen-bond acceptors (Lipinski definition) is 12. The van der Waals surface area contributed by atoms with Crippen LogP contribution >= 0.6 is 23.1 Å². The molecular formula is C31H27N5O7S2. The van der Waals surface area contributed by atoms with Crippen molar-refractivity contribution in [3.05, 3.63) is 106 Å². The van der Waals surface area contributed by atoms with Gasteiger partial charge in [-0.2, -0.15) is 0 Å². The van der Waals surface area contributed by atoms with Gasteiger partial charge in [0.15, 0.2) is 16.9 Å². The standard InChI is InChI=1S/C31H27N5O7S2/c1-41-35-23(21-16-45-31(32)33-21)27(38)34-24-28(39)36-25(19(15-44-29(24)36)14-20-12-13-22(37)42-20)30(40)43-26(17-8-4-2-5-9-17)18-10-6-3-7-11-18/h2-13,16,20,24,26,29H,14-15H2,1H3,(H2,32,33)(H,34,38)/b35-23-/t20?,24-,29+/m1/s1. The number of nitrogens with zero attached hydrogens (tertiary/aromatic N) is 3. The summed E-state index contributed by atoms with van der Waals surface area (Å²) in [5.41, 5.74) is 7.95. The predicted molar refractivity (Wildman–Crippen MR) is 167 cm³/mol. The van der Waals surface area contributed by atoms with Crippen molar-refractivity contribution in [3.63, 3.8) is 0 Å². The molecule has 14 heteroatoms. The number of carbonyl (C=O) groups is 4. The monoisotopic (exact) mass is 645 g/mol. The number of fused-ring (bicyclic) bond motifs is 1. The van der Waals surface area contributed by atoms with Crippen LogP contribution in [-0.4, -0.2) is 69.7 Å². The summed E-state index contributed by atoms with van der Waals surface area (Å²) in [6.45, 7) is 0. The molecule has 45 heavy (non-hydrogen) atoms. The quantitative estimate of drug-likeness (QED) is 0.145. The number of amides is 2. The van der Waals surface area contributed by atoms with Crippen LogP contribution in [0.4, 0.5) is 5.13 Å². The summed E-state index contributed by atoms with van der Waals surface area (Å²) in [7, 11) is 1.29. The molecule has 1 fully saturated rings. The lowest BCUT2D eigenvalue weighted by Crippen LogP contribution is -2.71.